The van der Waals surface area contributed by atoms with Crippen molar-refractivity contribution in [1.82, 2.24) is 5.32 Å². The molecule has 1 aliphatic heterocycles. The van der Waals surface area contributed by atoms with Crippen molar-refractivity contribution in [3.05, 3.63) is 0 Å². The lowest BCUT2D eigenvalue weighted by Crippen LogP contribution is -2.11. The molecule has 0 aromatic rings. The monoisotopic (exact) mass is 177 g/mol. The first kappa shape index (κ1) is 17.4. The summed E-state index contributed by atoms with van der Waals surface area (Å²) in [5.41, 5.74) is 0. The SMILES string of the molecule is CC.CC.CC.O=C1NCCO1. The number of nitrogens with one attached hydrogen (secondary N) is 1. The molecule has 1 aliphatic rings. The summed E-state index contributed by atoms with van der Waals surface area (Å²) in [5, 5.41) is 2.46. The summed E-state index contributed by atoms with van der Waals surface area (Å²) < 4.78 is 4.40. The van der Waals surface area contributed by atoms with Gasteiger partial charge in [0, 0.05) is 0 Å². The van der Waals surface area contributed by atoms with Crippen LogP contribution in [0.5, 0.6) is 0 Å². The zero-order valence-electron chi connectivity index (χ0n) is 9.23. The van der Waals surface area contributed by atoms with Crippen LogP contribution >= 0.6 is 0 Å². The predicted octanol–water partition coefficient (Wildman–Crippen LogP) is 2.80. The molecule has 1 saturated heterocycles. The average Bonchev–Trinajstić information content (AvgIpc) is 2.66. The average molecular weight is 177 g/mol. The first-order chi connectivity index (χ1) is 5.89. The second-order valence-electron chi connectivity index (χ2n) is 1.06. The van der Waals surface area contributed by atoms with Crippen LogP contribution in [0, 0.1) is 0 Å². The van der Waals surface area contributed by atoms with Crippen molar-refractivity contribution in [1.29, 1.82) is 0 Å². The van der Waals surface area contributed by atoms with E-state index in [0.29, 0.717) is 13.2 Å². The number of amides is 1. The molecule has 0 radical (unpaired) electrons. The van der Waals surface area contributed by atoms with E-state index in [1.54, 1.807) is 0 Å². The van der Waals surface area contributed by atoms with Gasteiger partial charge in [0.15, 0.2) is 0 Å². The zero-order valence-corrected chi connectivity index (χ0v) is 9.23. The van der Waals surface area contributed by atoms with Gasteiger partial charge < -0.3 is 10.1 Å². The Balaban J connectivity index is -0.000000117. The molecule has 12 heavy (non-hydrogen) atoms. The molecule has 0 bridgehead atoms. The minimum atomic E-state index is -0.296. The van der Waals surface area contributed by atoms with Crippen molar-refractivity contribution in [2.75, 3.05) is 13.2 Å². The van der Waals surface area contributed by atoms with Gasteiger partial charge in [0.2, 0.25) is 0 Å². The highest BCUT2D eigenvalue weighted by molar-refractivity contribution is 5.68. The quantitative estimate of drug-likeness (QED) is 0.618. The Morgan fingerprint density at radius 2 is 1.50 bits per heavy atom. The van der Waals surface area contributed by atoms with E-state index in [0.717, 1.165) is 0 Å². The van der Waals surface area contributed by atoms with Crippen molar-refractivity contribution in [3.63, 3.8) is 0 Å². The molecule has 1 rings (SSSR count). The number of rotatable bonds is 0. The van der Waals surface area contributed by atoms with Crippen LogP contribution in [0.25, 0.3) is 0 Å². The third kappa shape index (κ3) is 16.1. The topological polar surface area (TPSA) is 38.3 Å². The Morgan fingerprint density at radius 3 is 1.58 bits per heavy atom. The standard InChI is InChI=1S/C3H5NO2.3C2H6/c5-3-4-1-2-6-3;3*1-2/h1-2H2,(H,4,5);3*1-2H3. The van der Waals surface area contributed by atoms with Gasteiger partial charge in [-0.3, -0.25) is 0 Å². The van der Waals surface area contributed by atoms with Crippen molar-refractivity contribution in [2.24, 2.45) is 0 Å². The molecule has 1 N–H and O–H groups in total. The molecule has 0 unspecified atom stereocenters. The number of cyclic esters (lactones) is 1. The van der Waals surface area contributed by atoms with Crippen LogP contribution < -0.4 is 5.32 Å². The molecule has 1 heterocycles. The van der Waals surface area contributed by atoms with Crippen molar-refractivity contribution in [2.45, 2.75) is 41.5 Å². The summed E-state index contributed by atoms with van der Waals surface area (Å²) in [7, 11) is 0. The van der Waals surface area contributed by atoms with E-state index in [1.807, 2.05) is 41.5 Å². The van der Waals surface area contributed by atoms with Crippen LogP contribution in [0.3, 0.4) is 0 Å². The first-order valence-electron chi connectivity index (χ1n) is 4.80. The lowest BCUT2D eigenvalue weighted by molar-refractivity contribution is 0.178. The third-order valence-corrected chi connectivity index (χ3v) is 0.605. The molecule has 0 aromatic carbocycles. The molecule has 0 aliphatic carbocycles. The maximum Gasteiger partial charge on any atom is 0.407 e. The number of alkyl carbamates (subject to hydrolysis) is 1. The summed E-state index contributed by atoms with van der Waals surface area (Å²) in [4.78, 5) is 9.91. The van der Waals surface area contributed by atoms with E-state index in [9.17, 15) is 4.79 Å². The number of ether oxygens (including phenoxy) is 1. The molecule has 76 valence electrons. The van der Waals surface area contributed by atoms with Gasteiger partial charge in [-0.25, -0.2) is 4.79 Å². The number of carbonyl (C=O) groups excluding carboxylic acids is 1. The third-order valence-electron chi connectivity index (χ3n) is 0.605. The lowest BCUT2D eigenvalue weighted by atomic mass is 10.7. The Morgan fingerprint density at radius 1 is 1.08 bits per heavy atom. The number of hydrogen-bond donors (Lipinski definition) is 1. The Bertz CT molecular complexity index is 66.9. The van der Waals surface area contributed by atoms with Crippen LogP contribution in [0.15, 0.2) is 0 Å². The summed E-state index contributed by atoms with van der Waals surface area (Å²) in [6.07, 6.45) is -0.296. The van der Waals surface area contributed by atoms with Gasteiger partial charge in [0.1, 0.15) is 6.61 Å². The van der Waals surface area contributed by atoms with Gasteiger partial charge in [-0.1, -0.05) is 41.5 Å². The van der Waals surface area contributed by atoms with Crippen LogP contribution in [0.2, 0.25) is 0 Å². The minimum Gasteiger partial charge on any atom is -0.448 e. The summed E-state index contributed by atoms with van der Waals surface area (Å²) in [5.74, 6) is 0. The molecule has 0 saturated carbocycles. The van der Waals surface area contributed by atoms with Gasteiger partial charge in [-0.05, 0) is 0 Å². The largest absolute Gasteiger partial charge is 0.448 e. The fourth-order valence-electron chi connectivity index (χ4n) is 0.348. The highest BCUT2D eigenvalue weighted by atomic mass is 16.6. The second-order valence-corrected chi connectivity index (χ2v) is 1.06. The first-order valence-corrected chi connectivity index (χ1v) is 4.80. The van der Waals surface area contributed by atoms with Gasteiger partial charge in [-0.2, -0.15) is 0 Å². The minimum absolute atomic E-state index is 0.296. The molecular formula is C9H23NO2. The summed E-state index contributed by atoms with van der Waals surface area (Å²) in [6.45, 7) is 13.2. The van der Waals surface area contributed by atoms with Gasteiger partial charge in [0.25, 0.3) is 0 Å². The smallest absolute Gasteiger partial charge is 0.407 e. The second kappa shape index (κ2) is 22.4. The van der Waals surface area contributed by atoms with Crippen molar-refractivity contribution < 1.29 is 9.53 Å². The highest BCUT2D eigenvalue weighted by Gasteiger charge is 2.06. The molecule has 3 heteroatoms. The van der Waals surface area contributed by atoms with Crippen LogP contribution in [-0.4, -0.2) is 19.2 Å². The van der Waals surface area contributed by atoms with Crippen LogP contribution in [-0.2, 0) is 4.74 Å². The Labute approximate surface area is 76.5 Å². The van der Waals surface area contributed by atoms with E-state index < -0.39 is 0 Å². The lowest BCUT2D eigenvalue weighted by Gasteiger charge is -1.80. The van der Waals surface area contributed by atoms with Gasteiger partial charge in [-0.15, -0.1) is 0 Å². The maximum atomic E-state index is 9.91. The summed E-state index contributed by atoms with van der Waals surface area (Å²) >= 11 is 0. The van der Waals surface area contributed by atoms with E-state index in [4.69, 9.17) is 0 Å². The van der Waals surface area contributed by atoms with E-state index in [2.05, 4.69) is 10.1 Å². The van der Waals surface area contributed by atoms with Gasteiger partial charge >= 0.3 is 6.09 Å². The Hall–Kier alpha value is -0.730. The van der Waals surface area contributed by atoms with Crippen molar-refractivity contribution >= 4 is 6.09 Å². The molecule has 1 fully saturated rings. The van der Waals surface area contributed by atoms with Crippen LogP contribution in [0.1, 0.15) is 41.5 Å². The fraction of sp³-hybridized carbons (Fsp3) is 0.889. The molecule has 3 nitrogen and oxygen atoms in total. The number of carbonyl (C=O) groups is 1. The molecule has 0 atom stereocenters. The predicted molar refractivity (Wildman–Crippen MR) is 53.4 cm³/mol. The van der Waals surface area contributed by atoms with E-state index in [-0.39, 0.29) is 6.09 Å². The fourth-order valence-corrected chi connectivity index (χ4v) is 0.348. The zero-order chi connectivity index (χ0) is 10.4. The van der Waals surface area contributed by atoms with E-state index >= 15 is 0 Å². The highest BCUT2D eigenvalue weighted by Crippen LogP contribution is 1.82. The molecule has 0 spiro atoms. The molecule has 1 amide bonds. The van der Waals surface area contributed by atoms with Crippen molar-refractivity contribution in [3.8, 4) is 0 Å². The van der Waals surface area contributed by atoms with E-state index in [1.165, 1.54) is 0 Å². The molecule has 0 aromatic heterocycles. The van der Waals surface area contributed by atoms with Gasteiger partial charge in [0.05, 0.1) is 6.54 Å². The molecular weight excluding hydrogens is 154 g/mol. The van der Waals surface area contributed by atoms with Crippen LogP contribution in [0.4, 0.5) is 4.79 Å². The summed E-state index contributed by atoms with van der Waals surface area (Å²) in [6, 6.07) is 0. The normalized spacial score (nSPS) is 11.3. The maximum absolute atomic E-state index is 9.91. The number of hydrogen-bond acceptors (Lipinski definition) is 2. The Kier molecular flexibility index (Phi) is 32.5.